The van der Waals surface area contributed by atoms with Crippen molar-refractivity contribution in [3.63, 3.8) is 0 Å². The number of guanidine groups is 1. The first kappa shape index (κ1) is 18.9. The predicted molar refractivity (Wildman–Crippen MR) is 102 cm³/mol. The van der Waals surface area contributed by atoms with Gasteiger partial charge in [-0.1, -0.05) is 18.2 Å². The first-order valence-corrected chi connectivity index (χ1v) is 9.30. The highest BCUT2D eigenvalue weighted by Crippen LogP contribution is 2.15. The minimum Gasteiger partial charge on any atom is -0.459 e. The molecule has 0 atom stereocenters. The topological polar surface area (TPSA) is 78.7 Å². The maximum atomic E-state index is 11.7. The molecule has 1 heterocycles. The van der Waals surface area contributed by atoms with E-state index in [0.29, 0.717) is 18.8 Å². The van der Waals surface area contributed by atoms with Crippen LogP contribution in [0.2, 0.25) is 0 Å². The Hall–Kier alpha value is -2.41. The van der Waals surface area contributed by atoms with Crippen LogP contribution in [-0.4, -0.2) is 43.8 Å². The molecule has 0 spiro atoms. The Bertz CT molecular complexity index is 644. The van der Waals surface area contributed by atoms with Crippen molar-refractivity contribution < 1.29 is 9.21 Å². The van der Waals surface area contributed by atoms with Crippen molar-refractivity contribution >= 4 is 23.6 Å². The molecule has 0 aliphatic heterocycles. The summed E-state index contributed by atoms with van der Waals surface area (Å²) in [5.41, 5.74) is 0. The number of rotatable bonds is 9. The number of carbonyl (C=O) groups is 1. The summed E-state index contributed by atoms with van der Waals surface area (Å²) < 4.78 is 5.04. The molecule has 0 fully saturated rings. The van der Waals surface area contributed by atoms with Crippen molar-refractivity contribution in [1.82, 2.24) is 16.0 Å². The first-order valence-electron chi connectivity index (χ1n) is 8.31. The van der Waals surface area contributed by atoms with Gasteiger partial charge in [-0.15, -0.1) is 11.8 Å². The molecule has 2 rings (SSSR count). The van der Waals surface area contributed by atoms with Gasteiger partial charge < -0.3 is 20.4 Å². The van der Waals surface area contributed by atoms with Gasteiger partial charge in [0.25, 0.3) is 5.91 Å². The molecule has 1 aromatic carbocycles. The normalized spacial score (nSPS) is 11.2. The minimum absolute atomic E-state index is 0.225. The van der Waals surface area contributed by atoms with Crippen LogP contribution in [0, 0.1) is 0 Å². The lowest BCUT2D eigenvalue weighted by atomic mass is 10.4. The molecule has 134 valence electrons. The lowest BCUT2D eigenvalue weighted by molar-refractivity contribution is 0.0927. The van der Waals surface area contributed by atoms with Crippen LogP contribution in [0.1, 0.15) is 17.5 Å². The van der Waals surface area contributed by atoms with E-state index >= 15 is 0 Å². The van der Waals surface area contributed by atoms with Gasteiger partial charge in [0.2, 0.25) is 0 Å². The quantitative estimate of drug-likeness (QED) is 0.277. The molecule has 1 amide bonds. The summed E-state index contributed by atoms with van der Waals surface area (Å²) in [6, 6.07) is 13.6. The summed E-state index contributed by atoms with van der Waals surface area (Å²) in [6.45, 7) is 4.57. The van der Waals surface area contributed by atoms with Gasteiger partial charge in [-0.05, 0) is 31.2 Å². The highest BCUT2D eigenvalue weighted by molar-refractivity contribution is 7.99. The zero-order valence-electron chi connectivity index (χ0n) is 14.3. The Labute approximate surface area is 152 Å². The van der Waals surface area contributed by atoms with Crippen LogP contribution in [0.5, 0.6) is 0 Å². The fraction of sp³-hybridized carbons (Fsp3) is 0.333. The van der Waals surface area contributed by atoms with Crippen LogP contribution in [0.15, 0.2) is 63.0 Å². The van der Waals surface area contributed by atoms with E-state index in [4.69, 9.17) is 4.42 Å². The summed E-state index contributed by atoms with van der Waals surface area (Å²) in [7, 11) is 0. The van der Waals surface area contributed by atoms with Crippen molar-refractivity contribution in [2.75, 3.05) is 31.9 Å². The van der Waals surface area contributed by atoms with Crippen LogP contribution in [0.25, 0.3) is 0 Å². The standard InChI is InChI=1S/C18H24N4O2S/c1-2-19-18(22-12-14-25-15-7-4-3-5-8-15)21-11-10-20-17(23)16-9-6-13-24-16/h3-9,13H,2,10-12,14H2,1H3,(H,20,23)(H2,19,21,22). The number of hydrogen-bond acceptors (Lipinski definition) is 4. The first-order chi connectivity index (χ1) is 12.3. The molecular weight excluding hydrogens is 336 g/mol. The van der Waals surface area contributed by atoms with E-state index in [-0.39, 0.29) is 5.91 Å². The number of nitrogens with one attached hydrogen (secondary N) is 3. The van der Waals surface area contributed by atoms with Gasteiger partial charge >= 0.3 is 0 Å². The van der Waals surface area contributed by atoms with E-state index in [1.165, 1.54) is 11.2 Å². The third-order valence-electron chi connectivity index (χ3n) is 3.16. The SMILES string of the molecule is CCNC(=NCCNC(=O)c1ccco1)NCCSc1ccccc1. The number of nitrogens with zero attached hydrogens (tertiary/aromatic N) is 1. The molecule has 2 aromatic rings. The van der Waals surface area contributed by atoms with E-state index in [0.717, 1.165) is 24.8 Å². The summed E-state index contributed by atoms with van der Waals surface area (Å²) >= 11 is 1.80. The summed E-state index contributed by atoms with van der Waals surface area (Å²) in [5, 5.41) is 9.26. The zero-order valence-corrected chi connectivity index (χ0v) is 15.1. The number of amides is 1. The molecule has 25 heavy (non-hydrogen) atoms. The highest BCUT2D eigenvalue weighted by Gasteiger charge is 2.06. The second-order valence-corrected chi connectivity index (χ2v) is 6.25. The lowest BCUT2D eigenvalue weighted by Crippen LogP contribution is -2.39. The van der Waals surface area contributed by atoms with E-state index in [1.54, 1.807) is 23.9 Å². The Morgan fingerprint density at radius 1 is 1.08 bits per heavy atom. The van der Waals surface area contributed by atoms with Crippen molar-refractivity contribution in [2.24, 2.45) is 4.99 Å². The van der Waals surface area contributed by atoms with Crippen LogP contribution in [0.4, 0.5) is 0 Å². The summed E-state index contributed by atoms with van der Waals surface area (Å²) in [6.07, 6.45) is 1.48. The van der Waals surface area contributed by atoms with Gasteiger partial charge in [0.05, 0.1) is 12.8 Å². The van der Waals surface area contributed by atoms with E-state index in [1.807, 2.05) is 25.1 Å². The smallest absolute Gasteiger partial charge is 0.287 e. The van der Waals surface area contributed by atoms with Crippen molar-refractivity contribution in [1.29, 1.82) is 0 Å². The third-order valence-corrected chi connectivity index (χ3v) is 4.18. The van der Waals surface area contributed by atoms with Gasteiger partial charge in [-0.2, -0.15) is 0 Å². The number of carbonyl (C=O) groups excluding carboxylic acids is 1. The maximum Gasteiger partial charge on any atom is 0.287 e. The average molecular weight is 360 g/mol. The number of aliphatic imine (C=N–C) groups is 1. The van der Waals surface area contributed by atoms with Gasteiger partial charge in [-0.3, -0.25) is 9.79 Å². The molecule has 1 aromatic heterocycles. The van der Waals surface area contributed by atoms with Crippen LogP contribution in [-0.2, 0) is 0 Å². The average Bonchev–Trinajstić information content (AvgIpc) is 3.17. The number of hydrogen-bond donors (Lipinski definition) is 3. The van der Waals surface area contributed by atoms with Gasteiger partial charge in [0.1, 0.15) is 0 Å². The van der Waals surface area contributed by atoms with E-state index in [2.05, 4.69) is 33.1 Å². The molecule has 0 unspecified atom stereocenters. The number of furan rings is 1. The predicted octanol–water partition coefficient (Wildman–Crippen LogP) is 2.36. The lowest BCUT2D eigenvalue weighted by Gasteiger charge is -2.11. The molecular formula is C18H24N4O2S. The van der Waals surface area contributed by atoms with Gasteiger partial charge in [0.15, 0.2) is 11.7 Å². The molecule has 0 saturated heterocycles. The largest absolute Gasteiger partial charge is 0.459 e. The maximum absolute atomic E-state index is 11.7. The van der Waals surface area contributed by atoms with Crippen LogP contribution >= 0.6 is 11.8 Å². The molecule has 0 radical (unpaired) electrons. The van der Waals surface area contributed by atoms with Gasteiger partial charge in [0, 0.05) is 30.3 Å². The van der Waals surface area contributed by atoms with Crippen LogP contribution < -0.4 is 16.0 Å². The minimum atomic E-state index is -0.225. The van der Waals surface area contributed by atoms with E-state index in [9.17, 15) is 4.79 Å². The highest BCUT2D eigenvalue weighted by atomic mass is 32.2. The molecule has 0 saturated carbocycles. The second kappa shape index (κ2) is 11.2. The van der Waals surface area contributed by atoms with Crippen molar-refractivity contribution in [2.45, 2.75) is 11.8 Å². The fourth-order valence-corrected chi connectivity index (χ4v) is 2.82. The molecule has 0 aliphatic carbocycles. The Morgan fingerprint density at radius 2 is 1.92 bits per heavy atom. The fourth-order valence-electron chi connectivity index (χ4n) is 2.03. The van der Waals surface area contributed by atoms with Gasteiger partial charge in [-0.25, -0.2) is 0 Å². The molecule has 6 nitrogen and oxygen atoms in total. The molecule has 0 bridgehead atoms. The Morgan fingerprint density at radius 3 is 2.64 bits per heavy atom. The van der Waals surface area contributed by atoms with E-state index < -0.39 is 0 Å². The van der Waals surface area contributed by atoms with Crippen molar-refractivity contribution in [3.8, 4) is 0 Å². The molecule has 3 N–H and O–H groups in total. The molecule has 0 aliphatic rings. The monoisotopic (exact) mass is 360 g/mol. The second-order valence-electron chi connectivity index (χ2n) is 5.08. The Kier molecular flexibility index (Phi) is 8.48. The number of benzene rings is 1. The third kappa shape index (κ3) is 7.34. The van der Waals surface area contributed by atoms with Crippen molar-refractivity contribution in [3.05, 3.63) is 54.5 Å². The summed E-state index contributed by atoms with van der Waals surface area (Å²) in [5.74, 6) is 1.79. The number of thioether (sulfide) groups is 1. The zero-order chi connectivity index (χ0) is 17.7. The Balaban J connectivity index is 1.66. The van der Waals surface area contributed by atoms with Crippen LogP contribution in [0.3, 0.4) is 0 Å². The molecule has 7 heteroatoms. The summed E-state index contributed by atoms with van der Waals surface area (Å²) in [4.78, 5) is 17.4.